The first-order valence-electron chi connectivity index (χ1n) is 4.82. The molecule has 0 bridgehead atoms. The first-order chi connectivity index (χ1) is 6.70. The summed E-state index contributed by atoms with van der Waals surface area (Å²) in [6.07, 6.45) is 6.21. The van der Waals surface area contributed by atoms with Crippen molar-refractivity contribution in [3.05, 3.63) is 18.7 Å². The van der Waals surface area contributed by atoms with Crippen LogP contribution in [0, 0.1) is 11.3 Å². The van der Waals surface area contributed by atoms with E-state index >= 15 is 0 Å². The maximum absolute atomic E-state index is 9.01. The quantitative estimate of drug-likeness (QED) is 0.761. The molecule has 0 amide bonds. The molecule has 0 radical (unpaired) electrons. The molecule has 14 heavy (non-hydrogen) atoms. The number of hydrogen-bond donors (Lipinski definition) is 1. The zero-order valence-corrected chi connectivity index (χ0v) is 8.70. The third kappa shape index (κ3) is 2.86. The van der Waals surface area contributed by atoms with Crippen molar-refractivity contribution in [3.63, 3.8) is 0 Å². The topological polar surface area (TPSA) is 53.6 Å². The van der Waals surface area contributed by atoms with Crippen LogP contribution in [-0.2, 0) is 6.54 Å². The Morgan fingerprint density at radius 3 is 2.93 bits per heavy atom. The van der Waals surface area contributed by atoms with Crippen molar-refractivity contribution < 1.29 is 0 Å². The van der Waals surface area contributed by atoms with Crippen LogP contribution < -0.4 is 5.32 Å². The minimum atomic E-state index is -0.432. The molecule has 76 valence electrons. The van der Waals surface area contributed by atoms with Gasteiger partial charge < -0.3 is 4.57 Å². The Hall–Kier alpha value is -1.34. The van der Waals surface area contributed by atoms with Gasteiger partial charge in [-0.1, -0.05) is 6.92 Å². The van der Waals surface area contributed by atoms with Crippen LogP contribution in [0.3, 0.4) is 0 Å². The number of nitrogens with one attached hydrogen (secondary N) is 1. The van der Waals surface area contributed by atoms with Gasteiger partial charge in [-0.2, -0.15) is 5.26 Å². The van der Waals surface area contributed by atoms with Crippen molar-refractivity contribution in [2.24, 2.45) is 0 Å². The van der Waals surface area contributed by atoms with Crippen LogP contribution >= 0.6 is 0 Å². The summed E-state index contributed by atoms with van der Waals surface area (Å²) in [7, 11) is 0. The van der Waals surface area contributed by atoms with E-state index in [0.717, 1.165) is 19.5 Å². The highest BCUT2D eigenvalue weighted by atomic mass is 15.0. The highest BCUT2D eigenvalue weighted by Gasteiger charge is 2.21. The van der Waals surface area contributed by atoms with Crippen molar-refractivity contribution >= 4 is 0 Å². The van der Waals surface area contributed by atoms with Crippen molar-refractivity contribution in [1.29, 1.82) is 5.26 Å². The highest BCUT2D eigenvalue weighted by Crippen LogP contribution is 2.09. The third-order valence-corrected chi connectivity index (χ3v) is 2.24. The van der Waals surface area contributed by atoms with Gasteiger partial charge in [0.2, 0.25) is 0 Å². The number of hydrogen-bond acceptors (Lipinski definition) is 3. The van der Waals surface area contributed by atoms with Crippen LogP contribution in [-0.4, -0.2) is 21.6 Å². The fourth-order valence-electron chi connectivity index (χ4n) is 1.35. The number of aromatic nitrogens is 2. The molecule has 0 aromatic carbocycles. The van der Waals surface area contributed by atoms with E-state index in [4.69, 9.17) is 5.26 Å². The van der Waals surface area contributed by atoms with E-state index in [-0.39, 0.29) is 0 Å². The SMILES string of the molecule is CCNC(C)(C#N)CCn1ccnc1. The summed E-state index contributed by atoms with van der Waals surface area (Å²) in [5.41, 5.74) is -0.432. The second-order valence-corrected chi connectivity index (χ2v) is 3.52. The van der Waals surface area contributed by atoms with Crippen LogP contribution in [0.25, 0.3) is 0 Å². The number of aryl methyl sites for hydroxylation is 1. The van der Waals surface area contributed by atoms with Crippen LogP contribution in [0.4, 0.5) is 0 Å². The van der Waals surface area contributed by atoms with Gasteiger partial charge in [0.15, 0.2) is 0 Å². The average molecular weight is 192 g/mol. The first-order valence-corrected chi connectivity index (χ1v) is 4.82. The molecule has 1 atom stereocenters. The molecule has 0 saturated heterocycles. The molecule has 1 N–H and O–H groups in total. The first kappa shape index (κ1) is 10.7. The van der Waals surface area contributed by atoms with Crippen molar-refractivity contribution in [2.75, 3.05) is 6.54 Å². The van der Waals surface area contributed by atoms with E-state index in [0.29, 0.717) is 0 Å². The van der Waals surface area contributed by atoms with Crippen LogP contribution in [0.15, 0.2) is 18.7 Å². The van der Waals surface area contributed by atoms with Crippen LogP contribution in [0.5, 0.6) is 0 Å². The van der Waals surface area contributed by atoms with E-state index in [1.165, 1.54) is 0 Å². The van der Waals surface area contributed by atoms with Gasteiger partial charge in [-0.3, -0.25) is 5.32 Å². The van der Waals surface area contributed by atoms with Crippen molar-refractivity contribution in [2.45, 2.75) is 32.4 Å². The molecule has 1 unspecified atom stereocenters. The van der Waals surface area contributed by atoms with E-state index in [1.807, 2.05) is 24.6 Å². The van der Waals surface area contributed by atoms with E-state index in [1.54, 1.807) is 12.5 Å². The highest BCUT2D eigenvalue weighted by molar-refractivity contribution is 5.03. The molecule has 1 aromatic rings. The monoisotopic (exact) mass is 192 g/mol. The van der Waals surface area contributed by atoms with Gasteiger partial charge in [0.1, 0.15) is 5.54 Å². The molecule has 0 aliphatic carbocycles. The lowest BCUT2D eigenvalue weighted by molar-refractivity contribution is 0.401. The molecule has 4 nitrogen and oxygen atoms in total. The van der Waals surface area contributed by atoms with E-state index in [9.17, 15) is 0 Å². The van der Waals surface area contributed by atoms with Gasteiger partial charge in [-0.05, 0) is 19.9 Å². The Bertz CT molecular complexity index is 298. The second-order valence-electron chi connectivity index (χ2n) is 3.52. The Morgan fingerprint density at radius 2 is 2.43 bits per heavy atom. The molecular weight excluding hydrogens is 176 g/mol. The predicted octanol–water partition coefficient (Wildman–Crippen LogP) is 1.16. The Kier molecular flexibility index (Phi) is 3.66. The molecule has 1 heterocycles. The lowest BCUT2D eigenvalue weighted by Gasteiger charge is -2.22. The lowest BCUT2D eigenvalue weighted by atomic mass is 10.00. The minimum Gasteiger partial charge on any atom is -0.337 e. The van der Waals surface area contributed by atoms with Gasteiger partial charge >= 0.3 is 0 Å². The van der Waals surface area contributed by atoms with Gasteiger partial charge in [0.05, 0.1) is 12.4 Å². The lowest BCUT2D eigenvalue weighted by Crippen LogP contribution is -2.41. The number of rotatable bonds is 5. The zero-order chi connectivity index (χ0) is 10.4. The molecule has 1 aromatic heterocycles. The minimum absolute atomic E-state index is 0.432. The molecule has 0 spiro atoms. The van der Waals surface area contributed by atoms with Crippen molar-refractivity contribution in [1.82, 2.24) is 14.9 Å². The number of nitriles is 1. The van der Waals surface area contributed by atoms with E-state index in [2.05, 4.69) is 16.4 Å². The number of imidazole rings is 1. The fraction of sp³-hybridized carbons (Fsp3) is 0.600. The molecular formula is C10H16N4. The maximum atomic E-state index is 9.01. The molecule has 0 saturated carbocycles. The van der Waals surface area contributed by atoms with Crippen LogP contribution in [0.2, 0.25) is 0 Å². The van der Waals surface area contributed by atoms with Gasteiger partial charge in [-0.25, -0.2) is 4.98 Å². The molecule has 0 aliphatic rings. The standard InChI is InChI=1S/C10H16N4/c1-3-13-10(2,8-11)4-6-14-7-5-12-9-14/h5,7,9,13H,3-4,6H2,1-2H3. The Balaban J connectivity index is 2.46. The summed E-state index contributed by atoms with van der Waals surface area (Å²) in [6, 6.07) is 2.30. The fourth-order valence-corrected chi connectivity index (χ4v) is 1.35. The van der Waals surface area contributed by atoms with Gasteiger partial charge in [0, 0.05) is 18.9 Å². The van der Waals surface area contributed by atoms with Gasteiger partial charge in [0.25, 0.3) is 0 Å². The summed E-state index contributed by atoms with van der Waals surface area (Å²) >= 11 is 0. The van der Waals surface area contributed by atoms with Crippen LogP contribution in [0.1, 0.15) is 20.3 Å². The average Bonchev–Trinajstić information content (AvgIpc) is 2.68. The normalized spacial score (nSPS) is 14.6. The summed E-state index contributed by atoms with van der Waals surface area (Å²) < 4.78 is 1.98. The molecule has 4 heteroatoms. The second kappa shape index (κ2) is 4.77. The van der Waals surface area contributed by atoms with Gasteiger partial charge in [-0.15, -0.1) is 0 Å². The maximum Gasteiger partial charge on any atom is 0.105 e. The predicted molar refractivity (Wildman–Crippen MR) is 54.5 cm³/mol. The summed E-state index contributed by atoms with van der Waals surface area (Å²) in [5.74, 6) is 0. The Labute approximate surface area is 84.6 Å². The summed E-state index contributed by atoms with van der Waals surface area (Å²) in [6.45, 7) is 5.56. The third-order valence-electron chi connectivity index (χ3n) is 2.24. The number of nitrogens with zero attached hydrogens (tertiary/aromatic N) is 3. The van der Waals surface area contributed by atoms with Crippen molar-refractivity contribution in [3.8, 4) is 6.07 Å². The largest absolute Gasteiger partial charge is 0.337 e. The summed E-state index contributed by atoms with van der Waals surface area (Å²) in [5, 5.41) is 12.2. The van der Waals surface area contributed by atoms with E-state index < -0.39 is 5.54 Å². The molecule has 0 fully saturated rings. The smallest absolute Gasteiger partial charge is 0.105 e. The summed E-state index contributed by atoms with van der Waals surface area (Å²) in [4.78, 5) is 3.95. The molecule has 0 aliphatic heterocycles. The molecule has 1 rings (SSSR count). The zero-order valence-electron chi connectivity index (χ0n) is 8.70. The Morgan fingerprint density at radius 1 is 1.64 bits per heavy atom.